The number of anilines is 2. The second-order valence-electron chi connectivity index (χ2n) is 4.69. The van der Waals surface area contributed by atoms with E-state index in [4.69, 9.17) is 11.0 Å². The Labute approximate surface area is 117 Å². The van der Waals surface area contributed by atoms with E-state index in [-0.39, 0.29) is 0 Å². The predicted octanol–water partition coefficient (Wildman–Crippen LogP) is 0.834. The molecule has 1 atom stereocenters. The minimum Gasteiger partial charge on any atom is -0.396 e. The molecule has 1 aromatic carbocycles. The molecule has 0 amide bonds. The minimum atomic E-state index is -0.560. The fourth-order valence-electron chi connectivity index (χ4n) is 1.97. The summed E-state index contributed by atoms with van der Waals surface area (Å²) in [6, 6.07) is 9.31. The monoisotopic (exact) mass is 271 g/mol. The van der Waals surface area contributed by atoms with Crippen LogP contribution in [0.25, 0.3) is 0 Å². The van der Waals surface area contributed by atoms with Gasteiger partial charge in [0.05, 0.1) is 36.2 Å². The summed E-state index contributed by atoms with van der Waals surface area (Å²) < 4.78 is 1.62. The summed E-state index contributed by atoms with van der Waals surface area (Å²) in [5.41, 5.74) is 7.72. The van der Waals surface area contributed by atoms with Crippen LogP contribution in [0, 0.1) is 11.3 Å². The molecule has 0 aliphatic carbocycles. The van der Waals surface area contributed by atoms with Gasteiger partial charge in [-0.15, -0.1) is 0 Å². The molecule has 2 rings (SSSR count). The van der Waals surface area contributed by atoms with Crippen LogP contribution in [0.2, 0.25) is 0 Å². The van der Waals surface area contributed by atoms with Gasteiger partial charge < -0.3 is 15.7 Å². The number of nitrogens with two attached hydrogens (primary N) is 1. The zero-order chi connectivity index (χ0) is 14.5. The lowest BCUT2D eigenvalue weighted by Crippen LogP contribution is -2.32. The number of hydrogen-bond acceptors (Lipinski definition) is 5. The average Bonchev–Trinajstić information content (AvgIpc) is 2.84. The molecule has 2 aromatic rings. The van der Waals surface area contributed by atoms with Gasteiger partial charge in [0.1, 0.15) is 0 Å². The molecule has 0 radical (unpaired) electrons. The largest absolute Gasteiger partial charge is 0.396 e. The summed E-state index contributed by atoms with van der Waals surface area (Å²) in [7, 11) is 1.89. The Balaban J connectivity index is 1.92. The minimum absolute atomic E-state index is 0.387. The summed E-state index contributed by atoms with van der Waals surface area (Å²) in [6.45, 7) is 0.851. The van der Waals surface area contributed by atoms with Crippen molar-refractivity contribution in [1.82, 2.24) is 9.78 Å². The number of aliphatic hydroxyl groups excluding tert-OH is 1. The Morgan fingerprint density at radius 1 is 1.45 bits per heavy atom. The van der Waals surface area contributed by atoms with Crippen molar-refractivity contribution in [3.8, 4) is 6.07 Å². The molecule has 1 heterocycles. The molecule has 104 valence electrons. The molecule has 0 aliphatic heterocycles. The standard InChI is InChI=1S/C14H17N5O/c1-18(13-4-2-11(6-15)3-5-13)9-14(20)10-19-8-12(16)7-17-19/h2-5,7-8,14,20H,9-10,16H2,1H3. The van der Waals surface area contributed by atoms with Gasteiger partial charge in [0.2, 0.25) is 0 Å². The lowest BCUT2D eigenvalue weighted by molar-refractivity contribution is 0.156. The quantitative estimate of drug-likeness (QED) is 0.840. The maximum atomic E-state index is 10.0. The molecule has 0 spiro atoms. The molecule has 0 fully saturated rings. The zero-order valence-electron chi connectivity index (χ0n) is 11.3. The van der Waals surface area contributed by atoms with Gasteiger partial charge in [0.15, 0.2) is 0 Å². The number of nitrogen functional groups attached to an aromatic ring is 1. The lowest BCUT2D eigenvalue weighted by atomic mass is 10.2. The second-order valence-corrected chi connectivity index (χ2v) is 4.69. The van der Waals surface area contributed by atoms with Gasteiger partial charge in [-0.3, -0.25) is 4.68 Å². The molecule has 0 aliphatic rings. The molecule has 6 nitrogen and oxygen atoms in total. The van der Waals surface area contributed by atoms with Crippen molar-refractivity contribution in [3.63, 3.8) is 0 Å². The first kappa shape index (κ1) is 13.9. The summed E-state index contributed by atoms with van der Waals surface area (Å²) >= 11 is 0. The Bertz CT molecular complexity index is 599. The molecule has 3 N–H and O–H groups in total. The molecule has 6 heteroatoms. The van der Waals surface area contributed by atoms with E-state index >= 15 is 0 Å². The third kappa shape index (κ3) is 3.49. The SMILES string of the molecule is CN(CC(O)Cn1cc(N)cn1)c1ccc(C#N)cc1. The van der Waals surface area contributed by atoms with Crippen LogP contribution in [0.15, 0.2) is 36.7 Å². The van der Waals surface area contributed by atoms with Crippen LogP contribution in [0.4, 0.5) is 11.4 Å². The van der Waals surface area contributed by atoms with Gasteiger partial charge in [0, 0.05) is 25.5 Å². The van der Waals surface area contributed by atoms with Crippen molar-refractivity contribution in [2.24, 2.45) is 0 Å². The molecule has 1 aromatic heterocycles. The molecule has 1 unspecified atom stereocenters. The Morgan fingerprint density at radius 3 is 2.70 bits per heavy atom. The van der Waals surface area contributed by atoms with Crippen LogP contribution in [-0.4, -0.2) is 34.6 Å². The number of aromatic nitrogens is 2. The first-order valence-electron chi connectivity index (χ1n) is 6.26. The highest BCUT2D eigenvalue weighted by Gasteiger charge is 2.10. The summed E-state index contributed by atoms with van der Waals surface area (Å²) in [4.78, 5) is 1.93. The molecular weight excluding hydrogens is 254 g/mol. The van der Waals surface area contributed by atoms with Gasteiger partial charge >= 0.3 is 0 Å². The highest BCUT2D eigenvalue weighted by Crippen LogP contribution is 2.14. The highest BCUT2D eigenvalue weighted by molar-refractivity contribution is 5.49. The number of rotatable bonds is 5. The summed E-state index contributed by atoms with van der Waals surface area (Å²) in [6.07, 6.45) is 2.68. The third-order valence-electron chi connectivity index (χ3n) is 2.97. The van der Waals surface area contributed by atoms with Crippen LogP contribution in [0.5, 0.6) is 0 Å². The van der Waals surface area contributed by atoms with Crippen LogP contribution >= 0.6 is 0 Å². The Hall–Kier alpha value is -2.52. The van der Waals surface area contributed by atoms with E-state index in [0.29, 0.717) is 24.3 Å². The number of likely N-dealkylation sites (N-methyl/N-ethyl adjacent to an activating group) is 1. The van der Waals surface area contributed by atoms with E-state index in [0.717, 1.165) is 5.69 Å². The van der Waals surface area contributed by atoms with Crippen LogP contribution in [-0.2, 0) is 6.54 Å². The fourth-order valence-corrected chi connectivity index (χ4v) is 1.97. The second kappa shape index (κ2) is 6.08. The maximum Gasteiger partial charge on any atom is 0.0991 e. The molecule has 0 saturated heterocycles. The molecule has 20 heavy (non-hydrogen) atoms. The van der Waals surface area contributed by atoms with E-state index in [1.165, 1.54) is 0 Å². The van der Waals surface area contributed by atoms with Crippen molar-refractivity contribution in [2.45, 2.75) is 12.6 Å². The van der Waals surface area contributed by atoms with E-state index in [1.54, 1.807) is 29.2 Å². The summed E-state index contributed by atoms with van der Waals surface area (Å²) in [5.74, 6) is 0. The van der Waals surface area contributed by atoms with Crippen molar-refractivity contribution in [1.29, 1.82) is 5.26 Å². The Kier molecular flexibility index (Phi) is 4.23. The number of nitriles is 1. The van der Waals surface area contributed by atoms with Crippen molar-refractivity contribution in [2.75, 3.05) is 24.2 Å². The van der Waals surface area contributed by atoms with E-state index < -0.39 is 6.10 Å². The van der Waals surface area contributed by atoms with Crippen molar-refractivity contribution >= 4 is 11.4 Å². The van der Waals surface area contributed by atoms with Crippen molar-refractivity contribution < 1.29 is 5.11 Å². The van der Waals surface area contributed by atoms with E-state index in [2.05, 4.69) is 11.2 Å². The lowest BCUT2D eigenvalue weighted by Gasteiger charge is -2.22. The maximum absolute atomic E-state index is 10.0. The van der Waals surface area contributed by atoms with E-state index in [9.17, 15) is 5.11 Å². The third-order valence-corrected chi connectivity index (χ3v) is 2.97. The summed E-state index contributed by atoms with van der Waals surface area (Å²) in [5, 5.41) is 22.8. The van der Waals surface area contributed by atoms with Crippen molar-refractivity contribution in [3.05, 3.63) is 42.2 Å². The first-order chi connectivity index (χ1) is 9.58. The molecular formula is C14H17N5O. The molecule has 0 bridgehead atoms. The van der Waals surface area contributed by atoms with Gasteiger partial charge in [-0.25, -0.2) is 0 Å². The number of aliphatic hydroxyl groups is 1. The zero-order valence-corrected chi connectivity index (χ0v) is 11.3. The molecule has 0 saturated carbocycles. The average molecular weight is 271 g/mol. The van der Waals surface area contributed by atoms with Gasteiger partial charge in [0.25, 0.3) is 0 Å². The van der Waals surface area contributed by atoms with Crippen LogP contribution in [0.1, 0.15) is 5.56 Å². The van der Waals surface area contributed by atoms with Gasteiger partial charge in [-0.2, -0.15) is 10.4 Å². The number of nitrogens with zero attached hydrogens (tertiary/aromatic N) is 4. The Morgan fingerprint density at radius 2 is 2.15 bits per heavy atom. The van der Waals surface area contributed by atoms with Gasteiger partial charge in [-0.1, -0.05) is 0 Å². The normalized spacial score (nSPS) is 11.8. The fraction of sp³-hybridized carbons (Fsp3) is 0.286. The number of hydrogen-bond donors (Lipinski definition) is 2. The van der Waals surface area contributed by atoms with Crippen LogP contribution < -0.4 is 10.6 Å². The van der Waals surface area contributed by atoms with Gasteiger partial charge in [-0.05, 0) is 24.3 Å². The van der Waals surface area contributed by atoms with E-state index in [1.807, 2.05) is 24.1 Å². The number of benzene rings is 1. The highest BCUT2D eigenvalue weighted by atomic mass is 16.3. The topological polar surface area (TPSA) is 91.1 Å². The first-order valence-corrected chi connectivity index (χ1v) is 6.26. The van der Waals surface area contributed by atoms with Crippen LogP contribution in [0.3, 0.4) is 0 Å². The smallest absolute Gasteiger partial charge is 0.0991 e. The predicted molar refractivity (Wildman–Crippen MR) is 77.1 cm³/mol.